The molecule has 0 radical (unpaired) electrons. The highest BCUT2D eigenvalue weighted by Gasteiger charge is 2.20. The van der Waals surface area contributed by atoms with Crippen molar-refractivity contribution < 1.29 is 19.2 Å². The quantitative estimate of drug-likeness (QED) is 0.323. The van der Waals surface area contributed by atoms with Gasteiger partial charge < -0.3 is 15.0 Å². The number of benzene rings is 2. The van der Waals surface area contributed by atoms with Gasteiger partial charge in [-0.1, -0.05) is 23.7 Å². The number of esters is 1. The molecule has 11 heteroatoms. The van der Waals surface area contributed by atoms with Gasteiger partial charge in [-0.3, -0.25) is 24.5 Å². The Morgan fingerprint density at radius 2 is 2.03 bits per heavy atom. The summed E-state index contributed by atoms with van der Waals surface area (Å²) in [6.07, 6.45) is -1.11. The Morgan fingerprint density at radius 3 is 2.74 bits per heavy atom. The van der Waals surface area contributed by atoms with E-state index in [1.807, 2.05) is 0 Å². The van der Waals surface area contributed by atoms with Crippen LogP contribution in [0.1, 0.15) is 19.2 Å². The molecule has 0 aliphatic rings. The molecule has 0 spiro atoms. The number of nitrogens with zero attached hydrogens (tertiary/aromatic N) is 2. The van der Waals surface area contributed by atoms with Crippen molar-refractivity contribution in [1.29, 1.82) is 0 Å². The lowest BCUT2D eigenvalue weighted by Crippen LogP contribution is -2.30. The number of amides is 1. The summed E-state index contributed by atoms with van der Waals surface area (Å²) in [5.74, 6) is -0.981. The van der Waals surface area contributed by atoms with Crippen LogP contribution in [0, 0.1) is 10.1 Å². The summed E-state index contributed by atoms with van der Waals surface area (Å²) in [7, 11) is 0. The Kier molecular flexibility index (Phi) is 6.61. The molecule has 0 saturated carbocycles. The van der Waals surface area contributed by atoms with Crippen LogP contribution in [0.25, 0.3) is 10.9 Å². The standard InChI is InChI=1S/C20H17ClN4O6/c1-11(19(27)23-16-7-6-12(25(29)30)10-14(16)21)31-18(26)9-8-17-22-15-5-3-2-4-13(15)20(28)24-17/h2-7,10-11H,8-9H2,1H3,(H,23,27)(H,22,24,28). The zero-order chi connectivity index (χ0) is 22.5. The van der Waals surface area contributed by atoms with E-state index in [0.717, 1.165) is 6.07 Å². The fourth-order valence-corrected chi connectivity index (χ4v) is 2.96. The van der Waals surface area contributed by atoms with Gasteiger partial charge in [0, 0.05) is 18.6 Å². The number of H-pyrrole nitrogens is 1. The Balaban J connectivity index is 1.56. The lowest BCUT2D eigenvalue weighted by Gasteiger charge is -2.14. The number of carbonyl (C=O) groups is 2. The third-order valence-electron chi connectivity index (χ3n) is 4.33. The minimum atomic E-state index is -1.14. The number of aromatic nitrogens is 2. The number of nitro groups is 1. The lowest BCUT2D eigenvalue weighted by atomic mass is 10.2. The van der Waals surface area contributed by atoms with Crippen LogP contribution in [0.15, 0.2) is 47.3 Å². The third kappa shape index (κ3) is 5.43. The first-order valence-electron chi connectivity index (χ1n) is 9.17. The Labute approximate surface area is 180 Å². The van der Waals surface area contributed by atoms with Crippen molar-refractivity contribution in [1.82, 2.24) is 9.97 Å². The molecular weight excluding hydrogens is 428 g/mol. The summed E-state index contributed by atoms with van der Waals surface area (Å²) in [6.45, 7) is 1.38. The molecule has 3 rings (SSSR count). The van der Waals surface area contributed by atoms with Gasteiger partial charge >= 0.3 is 5.97 Å². The van der Waals surface area contributed by atoms with Crippen LogP contribution in [0.5, 0.6) is 0 Å². The Hall–Kier alpha value is -3.79. The molecule has 1 unspecified atom stereocenters. The summed E-state index contributed by atoms with van der Waals surface area (Å²) < 4.78 is 5.10. The third-order valence-corrected chi connectivity index (χ3v) is 4.64. The minimum Gasteiger partial charge on any atom is -0.453 e. The second-order valence-electron chi connectivity index (χ2n) is 6.57. The molecule has 160 valence electrons. The number of aromatic amines is 1. The molecule has 10 nitrogen and oxygen atoms in total. The first-order chi connectivity index (χ1) is 14.7. The second kappa shape index (κ2) is 9.35. The number of para-hydroxylation sites is 1. The smallest absolute Gasteiger partial charge is 0.307 e. The number of fused-ring (bicyclic) bond motifs is 1. The molecule has 0 aliphatic heterocycles. The molecule has 1 aromatic heterocycles. The van der Waals surface area contributed by atoms with Crippen LogP contribution < -0.4 is 10.9 Å². The van der Waals surface area contributed by atoms with Crippen molar-refractivity contribution in [3.05, 3.63) is 73.8 Å². The maximum Gasteiger partial charge on any atom is 0.307 e. The van der Waals surface area contributed by atoms with Crippen LogP contribution >= 0.6 is 11.6 Å². The number of rotatable bonds is 7. The van der Waals surface area contributed by atoms with E-state index in [1.54, 1.807) is 24.3 Å². The number of nitro benzene ring substituents is 1. The summed E-state index contributed by atoms with van der Waals surface area (Å²) in [6, 6.07) is 10.4. The average Bonchev–Trinajstić information content (AvgIpc) is 2.73. The number of anilines is 1. The number of nitrogens with one attached hydrogen (secondary N) is 2. The van der Waals surface area contributed by atoms with Gasteiger partial charge in [0.25, 0.3) is 17.2 Å². The highest BCUT2D eigenvalue weighted by Crippen LogP contribution is 2.26. The number of halogens is 1. The lowest BCUT2D eigenvalue weighted by molar-refractivity contribution is -0.384. The predicted molar refractivity (Wildman–Crippen MR) is 113 cm³/mol. The molecular formula is C20H17ClN4O6. The molecule has 2 aromatic carbocycles. The largest absolute Gasteiger partial charge is 0.453 e. The van der Waals surface area contributed by atoms with E-state index in [1.165, 1.54) is 19.1 Å². The normalized spacial score (nSPS) is 11.7. The maximum atomic E-state index is 12.2. The molecule has 1 heterocycles. The zero-order valence-electron chi connectivity index (χ0n) is 16.3. The van der Waals surface area contributed by atoms with E-state index in [0.29, 0.717) is 16.7 Å². The van der Waals surface area contributed by atoms with E-state index in [9.17, 15) is 24.5 Å². The predicted octanol–water partition coefficient (Wildman–Crippen LogP) is 2.99. The van der Waals surface area contributed by atoms with E-state index in [-0.39, 0.29) is 34.8 Å². The van der Waals surface area contributed by atoms with E-state index in [4.69, 9.17) is 16.3 Å². The fourth-order valence-electron chi connectivity index (χ4n) is 2.74. The van der Waals surface area contributed by atoms with E-state index < -0.39 is 22.9 Å². The Bertz CT molecular complexity index is 1230. The monoisotopic (exact) mass is 444 g/mol. The first kappa shape index (κ1) is 21.9. The number of hydrogen-bond donors (Lipinski definition) is 2. The number of non-ortho nitro benzene ring substituents is 1. The highest BCUT2D eigenvalue weighted by atomic mass is 35.5. The van der Waals surface area contributed by atoms with Gasteiger partial charge in [0.2, 0.25) is 0 Å². The number of aryl methyl sites for hydroxylation is 1. The van der Waals surface area contributed by atoms with Gasteiger partial charge in [0.05, 0.1) is 33.0 Å². The highest BCUT2D eigenvalue weighted by molar-refractivity contribution is 6.34. The molecule has 0 fully saturated rings. The van der Waals surface area contributed by atoms with Crippen molar-refractivity contribution in [2.24, 2.45) is 0 Å². The molecule has 0 bridgehead atoms. The van der Waals surface area contributed by atoms with Gasteiger partial charge in [0.1, 0.15) is 5.82 Å². The molecule has 3 aromatic rings. The van der Waals surface area contributed by atoms with Crippen LogP contribution in [0.3, 0.4) is 0 Å². The van der Waals surface area contributed by atoms with Crippen LogP contribution in [-0.4, -0.2) is 32.9 Å². The van der Waals surface area contributed by atoms with Gasteiger partial charge in [-0.2, -0.15) is 0 Å². The van der Waals surface area contributed by atoms with Crippen LogP contribution in [0.4, 0.5) is 11.4 Å². The second-order valence-corrected chi connectivity index (χ2v) is 6.98. The molecule has 2 N–H and O–H groups in total. The van der Waals surface area contributed by atoms with E-state index >= 15 is 0 Å². The maximum absolute atomic E-state index is 12.2. The summed E-state index contributed by atoms with van der Waals surface area (Å²) in [5.41, 5.74) is 0.143. The van der Waals surface area contributed by atoms with Crippen LogP contribution in [0.2, 0.25) is 5.02 Å². The van der Waals surface area contributed by atoms with Crippen molar-refractivity contribution in [2.75, 3.05) is 5.32 Å². The number of hydrogen-bond acceptors (Lipinski definition) is 7. The zero-order valence-corrected chi connectivity index (χ0v) is 17.0. The van der Waals surface area contributed by atoms with Crippen molar-refractivity contribution in [3.8, 4) is 0 Å². The van der Waals surface area contributed by atoms with Crippen LogP contribution in [-0.2, 0) is 20.7 Å². The summed E-state index contributed by atoms with van der Waals surface area (Å²) in [4.78, 5) is 53.4. The first-order valence-corrected chi connectivity index (χ1v) is 9.54. The summed E-state index contributed by atoms with van der Waals surface area (Å²) >= 11 is 5.94. The Morgan fingerprint density at radius 1 is 1.29 bits per heavy atom. The molecule has 1 amide bonds. The SMILES string of the molecule is CC(OC(=O)CCc1nc2ccccc2c(=O)[nH]1)C(=O)Nc1ccc([N+](=O)[O-])cc1Cl. The number of ether oxygens (including phenoxy) is 1. The van der Waals surface area contributed by atoms with Gasteiger partial charge in [-0.25, -0.2) is 4.98 Å². The molecule has 31 heavy (non-hydrogen) atoms. The molecule has 0 aliphatic carbocycles. The summed E-state index contributed by atoms with van der Waals surface area (Å²) in [5, 5.41) is 13.6. The fraction of sp³-hybridized carbons (Fsp3) is 0.200. The van der Waals surface area contributed by atoms with Gasteiger partial charge in [-0.05, 0) is 25.1 Å². The van der Waals surface area contributed by atoms with E-state index in [2.05, 4.69) is 15.3 Å². The van der Waals surface area contributed by atoms with Gasteiger partial charge in [0.15, 0.2) is 6.10 Å². The van der Waals surface area contributed by atoms with Crippen molar-refractivity contribution in [2.45, 2.75) is 25.9 Å². The van der Waals surface area contributed by atoms with Gasteiger partial charge in [-0.15, -0.1) is 0 Å². The van der Waals surface area contributed by atoms with Crippen molar-refractivity contribution >= 4 is 45.8 Å². The number of carbonyl (C=O) groups excluding carboxylic acids is 2. The van der Waals surface area contributed by atoms with Crippen molar-refractivity contribution in [3.63, 3.8) is 0 Å². The molecule has 0 saturated heterocycles. The topological polar surface area (TPSA) is 144 Å². The minimum absolute atomic E-state index is 0.0209. The average molecular weight is 445 g/mol. The molecule has 1 atom stereocenters.